The van der Waals surface area contributed by atoms with Gasteiger partial charge in [0.1, 0.15) is 5.69 Å². The second-order valence-corrected chi connectivity index (χ2v) is 6.44. The van der Waals surface area contributed by atoms with E-state index in [0.29, 0.717) is 37.4 Å². The maximum absolute atomic E-state index is 12.7. The summed E-state index contributed by atoms with van der Waals surface area (Å²) in [4.78, 5) is 27.6. The van der Waals surface area contributed by atoms with E-state index in [1.54, 1.807) is 7.11 Å². The van der Waals surface area contributed by atoms with Crippen LogP contribution in [0.2, 0.25) is 0 Å². The smallest absolute Gasteiger partial charge is 0.268 e. The van der Waals surface area contributed by atoms with E-state index in [2.05, 4.69) is 15.4 Å². The highest BCUT2D eigenvalue weighted by molar-refractivity contribution is 6.02. The van der Waals surface area contributed by atoms with Crippen LogP contribution in [0.3, 0.4) is 0 Å². The zero-order valence-corrected chi connectivity index (χ0v) is 16.4. The van der Waals surface area contributed by atoms with Crippen molar-refractivity contribution in [2.45, 2.75) is 54.1 Å². The minimum absolute atomic E-state index is 0.0271. The lowest BCUT2D eigenvalue weighted by Crippen LogP contribution is -2.25. The molecular weight excluding hydrogens is 332 g/mol. The minimum atomic E-state index is -0.208. The van der Waals surface area contributed by atoms with Gasteiger partial charge >= 0.3 is 0 Å². The Bertz CT molecular complexity index is 817. The van der Waals surface area contributed by atoms with Crippen LogP contribution in [0.25, 0.3) is 0 Å². The van der Waals surface area contributed by atoms with Gasteiger partial charge in [-0.1, -0.05) is 6.92 Å². The first-order valence-corrected chi connectivity index (χ1v) is 8.84. The van der Waals surface area contributed by atoms with Crippen LogP contribution >= 0.6 is 0 Å². The highest BCUT2D eigenvalue weighted by atomic mass is 16.5. The average Bonchev–Trinajstić information content (AvgIpc) is 3.07. The van der Waals surface area contributed by atoms with E-state index in [9.17, 15) is 9.59 Å². The van der Waals surface area contributed by atoms with Gasteiger partial charge in [0, 0.05) is 36.2 Å². The van der Waals surface area contributed by atoms with Gasteiger partial charge in [-0.25, -0.2) is 0 Å². The van der Waals surface area contributed by atoms with E-state index >= 15 is 0 Å². The molecule has 2 aromatic rings. The Labute approximate surface area is 154 Å². The lowest BCUT2D eigenvalue weighted by molar-refractivity contribution is 0.0945. The molecule has 0 unspecified atom stereocenters. The fourth-order valence-corrected chi connectivity index (χ4v) is 3.34. The van der Waals surface area contributed by atoms with E-state index in [4.69, 9.17) is 4.74 Å². The number of rotatable bonds is 8. The van der Waals surface area contributed by atoms with Crippen molar-refractivity contribution in [1.82, 2.24) is 20.1 Å². The summed E-state index contributed by atoms with van der Waals surface area (Å²) < 4.78 is 7.00. The first kappa shape index (κ1) is 19.9. The molecule has 0 aliphatic carbocycles. The SMILES string of the molecule is CCc1c(C(=O)NCc2c(C)nn(CCOC)c2C)[nH]c(C)c1C(C)=O. The van der Waals surface area contributed by atoms with Gasteiger partial charge in [-0.3, -0.25) is 14.3 Å². The molecule has 0 aliphatic heterocycles. The molecule has 0 aromatic carbocycles. The molecule has 2 N–H and O–H groups in total. The molecule has 0 bridgehead atoms. The molecule has 0 radical (unpaired) electrons. The quantitative estimate of drug-likeness (QED) is 0.708. The predicted octanol–water partition coefficient (Wildman–Crippen LogP) is 2.48. The monoisotopic (exact) mass is 360 g/mol. The lowest BCUT2D eigenvalue weighted by Gasteiger charge is -2.08. The van der Waals surface area contributed by atoms with E-state index in [1.165, 1.54) is 6.92 Å². The van der Waals surface area contributed by atoms with Crippen LogP contribution in [-0.4, -0.2) is 40.2 Å². The second-order valence-electron chi connectivity index (χ2n) is 6.44. The number of carbonyl (C=O) groups excluding carboxylic acids is 2. The molecule has 1 amide bonds. The number of aromatic amines is 1. The number of methoxy groups -OCH3 is 1. The number of aryl methyl sites for hydroxylation is 2. The van der Waals surface area contributed by atoms with Crippen molar-refractivity contribution < 1.29 is 14.3 Å². The number of ketones is 1. The van der Waals surface area contributed by atoms with Crippen LogP contribution in [-0.2, 0) is 24.2 Å². The molecule has 7 nitrogen and oxygen atoms in total. The molecule has 0 spiro atoms. The van der Waals surface area contributed by atoms with Gasteiger partial charge in [-0.15, -0.1) is 0 Å². The van der Waals surface area contributed by atoms with Crippen LogP contribution in [0.4, 0.5) is 0 Å². The molecule has 142 valence electrons. The van der Waals surface area contributed by atoms with Crippen molar-refractivity contribution in [3.05, 3.63) is 39.5 Å². The first-order valence-electron chi connectivity index (χ1n) is 8.84. The third kappa shape index (κ3) is 3.88. The molecule has 0 fully saturated rings. The second kappa shape index (κ2) is 8.31. The Morgan fingerprint density at radius 1 is 1.23 bits per heavy atom. The number of hydrogen-bond acceptors (Lipinski definition) is 4. The number of carbonyl (C=O) groups is 2. The van der Waals surface area contributed by atoms with Gasteiger partial charge in [-0.05, 0) is 39.7 Å². The summed E-state index contributed by atoms with van der Waals surface area (Å²) in [6, 6.07) is 0. The zero-order valence-electron chi connectivity index (χ0n) is 16.4. The molecule has 2 heterocycles. The van der Waals surface area contributed by atoms with Gasteiger partial charge in [-0.2, -0.15) is 5.10 Å². The van der Waals surface area contributed by atoms with Crippen molar-refractivity contribution in [3.63, 3.8) is 0 Å². The molecule has 0 saturated heterocycles. The number of hydrogen-bond donors (Lipinski definition) is 2. The number of Topliss-reactive ketones (excluding diaryl/α,β-unsaturated/α-hetero) is 1. The summed E-state index contributed by atoms with van der Waals surface area (Å²) in [6.45, 7) is 10.9. The normalized spacial score (nSPS) is 11.0. The number of aromatic nitrogens is 3. The van der Waals surface area contributed by atoms with E-state index in [0.717, 1.165) is 28.2 Å². The average molecular weight is 360 g/mol. The maximum Gasteiger partial charge on any atom is 0.268 e. The fourth-order valence-electron chi connectivity index (χ4n) is 3.34. The van der Waals surface area contributed by atoms with Crippen molar-refractivity contribution >= 4 is 11.7 Å². The van der Waals surface area contributed by atoms with Crippen molar-refractivity contribution in [3.8, 4) is 0 Å². The van der Waals surface area contributed by atoms with Crippen molar-refractivity contribution in [1.29, 1.82) is 0 Å². The Balaban J connectivity index is 2.19. The van der Waals surface area contributed by atoms with Crippen LogP contribution in [0.5, 0.6) is 0 Å². The highest BCUT2D eigenvalue weighted by Gasteiger charge is 2.22. The molecular formula is C19H28N4O3. The topological polar surface area (TPSA) is 89.0 Å². The van der Waals surface area contributed by atoms with Gasteiger partial charge in [0.05, 0.1) is 18.8 Å². The van der Waals surface area contributed by atoms with Crippen LogP contribution in [0.1, 0.15) is 62.9 Å². The number of ether oxygens (including phenoxy) is 1. The van der Waals surface area contributed by atoms with E-state index in [1.807, 2.05) is 32.4 Å². The number of nitrogens with zero attached hydrogens (tertiary/aromatic N) is 2. The Morgan fingerprint density at radius 2 is 1.92 bits per heavy atom. The van der Waals surface area contributed by atoms with Crippen molar-refractivity contribution in [2.24, 2.45) is 0 Å². The first-order chi connectivity index (χ1) is 12.3. The van der Waals surface area contributed by atoms with Gasteiger partial charge < -0.3 is 15.0 Å². The predicted molar refractivity (Wildman–Crippen MR) is 99.7 cm³/mol. The molecule has 0 atom stereocenters. The molecule has 0 saturated carbocycles. The summed E-state index contributed by atoms with van der Waals surface area (Å²) in [7, 11) is 1.66. The van der Waals surface area contributed by atoms with Crippen molar-refractivity contribution in [2.75, 3.05) is 13.7 Å². The fraction of sp³-hybridized carbons (Fsp3) is 0.526. The number of nitrogens with one attached hydrogen (secondary N) is 2. The zero-order chi connectivity index (χ0) is 19.4. The molecule has 0 aliphatic rings. The molecule has 7 heteroatoms. The Hall–Kier alpha value is -2.41. The van der Waals surface area contributed by atoms with Crippen LogP contribution in [0, 0.1) is 20.8 Å². The summed E-state index contributed by atoms with van der Waals surface area (Å²) >= 11 is 0. The molecule has 2 rings (SSSR count). The molecule has 2 aromatic heterocycles. The third-order valence-electron chi connectivity index (χ3n) is 4.69. The number of amides is 1. The minimum Gasteiger partial charge on any atom is -0.383 e. The third-order valence-corrected chi connectivity index (χ3v) is 4.69. The highest BCUT2D eigenvalue weighted by Crippen LogP contribution is 2.21. The summed E-state index contributed by atoms with van der Waals surface area (Å²) in [5.74, 6) is -0.235. The molecule has 26 heavy (non-hydrogen) atoms. The van der Waals surface area contributed by atoms with E-state index in [-0.39, 0.29) is 11.7 Å². The maximum atomic E-state index is 12.7. The Kier molecular flexibility index (Phi) is 6.37. The lowest BCUT2D eigenvalue weighted by atomic mass is 10.0. The standard InChI is InChI=1S/C19H28N4O3/c1-7-15-17(14(5)24)12(3)21-18(15)19(25)20-10-16-11(2)22-23(13(16)4)8-9-26-6/h21H,7-10H2,1-6H3,(H,20,25). The van der Waals surface area contributed by atoms with Crippen LogP contribution in [0.15, 0.2) is 0 Å². The van der Waals surface area contributed by atoms with Gasteiger partial charge in [0.2, 0.25) is 0 Å². The van der Waals surface area contributed by atoms with Crippen LogP contribution < -0.4 is 5.32 Å². The Morgan fingerprint density at radius 3 is 2.50 bits per heavy atom. The summed E-state index contributed by atoms with van der Waals surface area (Å²) in [5.41, 5.74) is 5.51. The van der Waals surface area contributed by atoms with Gasteiger partial charge in [0.25, 0.3) is 5.91 Å². The van der Waals surface area contributed by atoms with Gasteiger partial charge in [0.15, 0.2) is 5.78 Å². The van der Waals surface area contributed by atoms with E-state index < -0.39 is 0 Å². The number of H-pyrrole nitrogens is 1. The largest absolute Gasteiger partial charge is 0.383 e. The summed E-state index contributed by atoms with van der Waals surface area (Å²) in [5, 5.41) is 7.46. The summed E-state index contributed by atoms with van der Waals surface area (Å²) in [6.07, 6.45) is 0.620.